The van der Waals surface area contributed by atoms with Gasteiger partial charge in [-0.15, -0.1) is 12.1 Å². The van der Waals surface area contributed by atoms with Crippen LogP contribution in [-0.2, 0) is 26.2 Å². The largest absolute Gasteiger partial charge is 3.00 e. The smallest absolute Gasteiger partial charge is 1.00 e. The van der Waals surface area contributed by atoms with Crippen molar-refractivity contribution in [1.82, 2.24) is 0 Å². The van der Waals surface area contributed by atoms with Crippen molar-refractivity contribution < 1.29 is 60.2 Å². The zero-order valence-corrected chi connectivity index (χ0v) is 11.0. The fourth-order valence-corrected chi connectivity index (χ4v) is 0.478. The molecule has 10 heavy (non-hydrogen) atoms. The Kier molecular flexibility index (Phi) is 17.0. The molecule has 53 valence electrons. The van der Waals surface area contributed by atoms with Gasteiger partial charge in [-0.3, -0.25) is 0 Å². The molecule has 0 fully saturated rings. The van der Waals surface area contributed by atoms with Crippen LogP contribution in [0.1, 0.15) is 5.56 Å². The van der Waals surface area contributed by atoms with Crippen LogP contribution in [0.25, 0.3) is 0 Å². The summed E-state index contributed by atoms with van der Waals surface area (Å²) in [5.74, 6) is 0. The summed E-state index contributed by atoms with van der Waals surface area (Å²) in [5.41, 5.74) is 1.07. The quantitative estimate of drug-likeness (QED) is 0.421. The molecule has 0 aliphatic heterocycles. The van der Waals surface area contributed by atoms with Crippen LogP contribution in [0.15, 0.2) is 30.3 Å². The van der Waals surface area contributed by atoms with Crippen molar-refractivity contribution >= 4 is 0 Å². The van der Waals surface area contributed by atoms with Crippen molar-refractivity contribution in [2.45, 2.75) is 0 Å². The van der Waals surface area contributed by atoms with Gasteiger partial charge >= 0.3 is 26.2 Å². The molecule has 0 heterocycles. The standard InChI is InChI=1S/C7H7.2BrH.Zr/c1-7-5-3-2-4-6-7;;;/h2-6H,1H2;2*1H;/q-1;;;+3/p-2. The molecule has 0 aliphatic carbocycles. The number of benzene rings is 1. The molecule has 0 atom stereocenters. The third-order valence-corrected chi connectivity index (χ3v) is 0.843. The molecule has 1 aromatic rings. The maximum atomic E-state index is 3.72. The molecule has 0 aromatic heterocycles. The maximum Gasteiger partial charge on any atom is 3.00 e. The van der Waals surface area contributed by atoms with Crippen LogP contribution in [0.3, 0.4) is 0 Å². The Morgan fingerprint density at radius 3 is 1.50 bits per heavy atom. The van der Waals surface area contributed by atoms with E-state index in [1.54, 1.807) is 0 Å². The van der Waals surface area contributed by atoms with Crippen molar-refractivity contribution in [2.75, 3.05) is 0 Å². The Hall–Kier alpha value is 0.933. The summed E-state index contributed by atoms with van der Waals surface area (Å²) in [4.78, 5) is 0. The van der Waals surface area contributed by atoms with Gasteiger partial charge < -0.3 is 34.0 Å². The minimum Gasteiger partial charge on any atom is -1.00 e. The SMILES string of the molecule is [Br-].[Br-].[CH2-]c1ccccc1.[Zr+3]. The second-order valence-corrected chi connectivity index (χ2v) is 1.49. The van der Waals surface area contributed by atoms with Gasteiger partial charge in [0.1, 0.15) is 0 Å². The van der Waals surface area contributed by atoms with Crippen LogP contribution in [0.2, 0.25) is 0 Å². The van der Waals surface area contributed by atoms with Gasteiger partial charge in [0.05, 0.1) is 0 Å². The third kappa shape index (κ3) is 7.05. The molecule has 0 aliphatic rings. The van der Waals surface area contributed by atoms with E-state index in [4.69, 9.17) is 0 Å². The van der Waals surface area contributed by atoms with Crippen LogP contribution in [0.5, 0.6) is 0 Å². The fourth-order valence-electron chi connectivity index (χ4n) is 0.478. The fraction of sp³-hybridized carbons (Fsp3) is 0. The van der Waals surface area contributed by atoms with E-state index in [1.165, 1.54) is 0 Å². The summed E-state index contributed by atoms with van der Waals surface area (Å²) in [6, 6.07) is 9.87. The molecule has 0 unspecified atom stereocenters. The van der Waals surface area contributed by atoms with E-state index in [1.807, 2.05) is 30.3 Å². The number of halogens is 2. The van der Waals surface area contributed by atoms with Gasteiger partial charge in [0.25, 0.3) is 0 Å². The molecular formula is C7H7Br2Zr. The summed E-state index contributed by atoms with van der Waals surface area (Å²) in [6.45, 7) is 3.72. The minimum atomic E-state index is 0. The molecule has 3 heteroatoms. The van der Waals surface area contributed by atoms with Crippen molar-refractivity contribution in [2.24, 2.45) is 0 Å². The predicted molar refractivity (Wildman–Crippen MR) is 30.9 cm³/mol. The van der Waals surface area contributed by atoms with E-state index in [9.17, 15) is 0 Å². The molecule has 0 N–H and O–H groups in total. The van der Waals surface area contributed by atoms with Crippen LogP contribution < -0.4 is 34.0 Å². The summed E-state index contributed by atoms with van der Waals surface area (Å²) in [6.07, 6.45) is 0. The average molecular weight is 342 g/mol. The van der Waals surface area contributed by atoms with E-state index in [0.29, 0.717) is 0 Å². The molecule has 0 amide bonds. The topological polar surface area (TPSA) is 0 Å². The molecule has 1 aromatic carbocycles. The summed E-state index contributed by atoms with van der Waals surface area (Å²) < 4.78 is 0. The Balaban J connectivity index is -0.000000163. The maximum absolute atomic E-state index is 3.72. The van der Waals surface area contributed by atoms with E-state index >= 15 is 0 Å². The van der Waals surface area contributed by atoms with Gasteiger partial charge in [-0.1, -0.05) is 6.07 Å². The molecule has 1 rings (SSSR count). The third-order valence-electron chi connectivity index (χ3n) is 0.843. The first kappa shape index (κ1) is 17.1. The van der Waals surface area contributed by atoms with Crippen molar-refractivity contribution in [3.8, 4) is 0 Å². The Bertz CT molecular complexity index is 142. The van der Waals surface area contributed by atoms with Crippen LogP contribution in [0, 0.1) is 6.92 Å². The molecule has 1 radical (unpaired) electrons. The Morgan fingerprint density at radius 2 is 1.30 bits per heavy atom. The Morgan fingerprint density at radius 1 is 0.900 bits per heavy atom. The monoisotopic (exact) mass is 339 g/mol. The summed E-state index contributed by atoms with van der Waals surface area (Å²) in [7, 11) is 0. The van der Waals surface area contributed by atoms with Gasteiger partial charge in [0, 0.05) is 0 Å². The second-order valence-electron chi connectivity index (χ2n) is 1.49. The Labute approximate surface area is 102 Å². The van der Waals surface area contributed by atoms with E-state index in [2.05, 4.69) is 6.92 Å². The molecule has 0 nitrogen and oxygen atoms in total. The van der Waals surface area contributed by atoms with Crippen molar-refractivity contribution in [3.05, 3.63) is 42.8 Å². The van der Waals surface area contributed by atoms with Gasteiger partial charge in [0.15, 0.2) is 0 Å². The minimum absolute atomic E-state index is 0. The first-order valence-electron chi connectivity index (χ1n) is 2.26. The second kappa shape index (κ2) is 9.93. The van der Waals surface area contributed by atoms with Crippen molar-refractivity contribution in [1.29, 1.82) is 0 Å². The van der Waals surface area contributed by atoms with E-state index in [-0.39, 0.29) is 60.2 Å². The molecule has 0 saturated carbocycles. The molecule has 0 bridgehead atoms. The number of hydrogen-bond donors (Lipinski definition) is 0. The van der Waals surface area contributed by atoms with E-state index < -0.39 is 0 Å². The predicted octanol–water partition coefficient (Wildman–Crippen LogP) is -4.13. The zero-order chi connectivity index (χ0) is 5.11. The summed E-state index contributed by atoms with van der Waals surface area (Å²) in [5, 5.41) is 0. The molecule has 0 saturated heterocycles. The average Bonchev–Trinajstić information content (AvgIpc) is 1.69. The van der Waals surface area contributed by atoms with Crippen LogP contribution >= 0.6 is 0 Å². The van der Waals surface area contributed by atoms with Crippen molar-refractivity contribution in [3.63, 3.8) is 0 Å². The normalized spacial score (nSPS) is 6.00. The summed E-state index contributed by atoms with van der Waals surface area (Å²) >= 11 is 0. The van der Waals surface area contributed by atoms with Crippen LogP contribution in [-0.4, -0.2) is 0 Å². The first-order valence-corrected chi connectivity index (χ1v) is 2.26. The number of hydrogen-bond acceptors (Lipinski definition) is 0. The molecular weight excluding hydrogens is 335 g/mol. The van der Waals surface area contributed by atoms with Gasteiger partial charge in [-0.25, -0.2) is 0 Å². The number of rotatable bonds is 0. The first-order chi connectivity index (χ1) is 3.39. The molecule has 0 spiro atoms. The zero-order valence-electron chi connectivity index (χ0n) is 5.35. The van der Waals surface area contributed by atoms with Gasteiger partial charge in [0.2, 0.25) is 0 Å². The van der Waals surface area contributed by atoms with Crippen LogP contribution in [0.4, 0.5) is 0 Å². The van der Waals surface area contributed by atoms with E-state index in [0.717, 1.165) is 5.56 Å². The van der Waals surface area contributed by atoms with Gasteiger partial charge in [-0.2, -0.15) is 24.6 Å². The van der Waals surface area contributed by atoms with Gasteiger partial charge in [-0.05, 0) is 0 Å².